The molecule has 0 saturated carbocycles. The van der Waals surface area contributed by atoms with Gasteiger partial charge in [-0.25, -0.2) is 8.42 Å². The minimum Gasteiger partial charge on any atom is -0.507 e. The molecule has 0 bridgehead atoms. The highest BCUT2D eigenvalue weighted by atomic mass is 32.2. The molecular formula is C20H24N2O4S. The molecule has 1 aliphatic heterocycles. The van der Waals surface area contributed by atoms with Crippen LogP contribution in [-0.2, 0) is 10.0 Å². The highest BCUT2D eigenvalue weighted by Gasteiger charge is 2.29. The number of amides is 1. The number of phenols is 1. The van der Waals surface area contributed by atoms with E-state index in [9.17, 15) is 18.3 Å². The Balaban J connectivity index is 1.75. The lowest BCUT2D eigenvalue weighted by molar-refractivity contribution is 0.0761. The summed E-state index contributed by atoms with van der Waals surface area (Å²) in [7, 11) is -3.58. The molecule has 1 fully saturated rings. The van der Waals surface area contributed by atoms with Gasteiger partial charge < -0.3 is 10.0 Å². The van der Waals surface area contributed by atoms with Crippen LogP contribution in [0.2, 0.25) is 0 Å². The second-order valence-electron chi connectivity index (χ2n) is 6.88. The first-order chi connectivity index (χ1) is 12.8. The second-order valence-corrected chi connectivity index (χ2v) is 8.82. The number of carbonyl (C=O) groups is 1. The fourth-order valence-corrected chi connectivity index (χ4v) is 4.66. The molecule has 7 heteroatoms. The standard InChI is InChI=1S/C20H24N2O4S/c1-15-4-7-17(8-5-15)27(25,26)22-11-3-10-21(12-13-22)20(24)18-9-6-16(2)14-19(18)23/h4-9,14,23H,3,10-13H2,1-2H3. The number of sulfonamides is 1. The van der Waals surface area contributed by atoms with Crippen LogP contribution in [-0.4, -0.2) is 54.8 Å². The fourth-order valence-electron chi connectivity index (χ4n) is 3.19. The molecule has 1 aliphatic rings. The zero-order valence-electron chi connectivity index (χ0n) is 15.6. The van der Waals surface area contributed by atoms with E-state index in [-0.39, 0.29) is 35.2 Å². The maximum absolute atomic E-state index is 12.9. The van der Waals surface area contributed by atoms with E-state index in [2.05, 4.69) is 0 Å². The van der Waals surface area contributed by atoms with Crippen molar-refractivity contribution in [1.82, 2.24) is 9.21 Å². The molecule has 3 rings (SSSR count). The molecule has 0 spiro atoms. The summed E-state index contributed by atoms with van der Waals surface area (Å²) in [4.78, 5) is 14.6. The number of benzene rings is 2. The minimum atomic E-state index is -3.58. The van der Waals surface area contributed by atoms with Crippen molar-refractivity contribution in [3.63, 3.8) is 0 Å². The highest BCUT2D eigenvalue weighted by Crippen LogP contribution is 2.22. The summed E-state index contributed by atoms with van der Waals surface area (Å²) < 4.78 is 27.2. The molecule has 27 heavy (non-hydrogen) atoms. The van der Waals surface area contributed by atoms with E-state index >= 15 is 0 Å². The summed E-state index contributed by atoms with van der Waals surface area (Å²) >= 11 is 0. The third kappa shape index (κ3) is 4.14. The van der Waals surface area contributed by atoms with Crippen molar-refractivity contribution in [2.45, 2.75) is 25.2 Å². The zero-order valence-corrected chi connectivity index (χ0v) is 16.4. The first-order valence-electron chi connectivity index (χ1n) is 8.95. The van der Waals surface area contributed by atoms with Crippen LogP contribution < -0.4 is 0 Å². The van der Waals surface area contributed by atoms with Crippen LogP contribution in [0.25, 0.3) is 0 Å². The number of carbonyl (C=O) groups excluding carboxylic acids is 1. The maximum Gasteiger partial charge on any atom is 0.257 e. The molecule has 1 amide bonds. The molecule has 0 atom stereocenters. The third-order valence-corrected chi connectivity index (χ3v) is 6.70. The maximum atomic E-state index is 12.9. The third-order valence-electron chi connectivity index (χ3n) is 4.78. The molecule has 1 N–H and O–H groups in total. The van der Waals surface area contributed by atoms with E-state index in [0.717, 1.165) is 11.1 Å². The number of phenolic OH excluding ortho intramolecular Hbond substituents is 1. The van der Waals surface area contributed by atoms with Gasteiger partial charge >= 0.3 is 0 Å². The summed E-state index contributed by atoms with van der Waals surface area (Å²) in [5, 5.41) is 10.1. The van der Waals surface area contributed by atoms with E-state index in [0.29, 0.717) is 19.5 Å². The van der Waals surface area contributed by atoms with Crippen molar-refractivity contribution < 1.29 is 18.3 Å². The number of aromatic hydroxyl groups is 1. The van der Waals surface area contributed by atoms with Crippen molar-refractivity contribution in [3.05, 3.63) is 59.2 Å². The van der Waals surface area contributed by atoms with Gasteiger partial charge in [-0.2, -0.15) is 4.31 Å². The second kappa shape index (κ2) is 7.70. The number of hydrogen-bond donors (Lipinski definition) is 1. The van der Waals surface area contributed by atoms with Crippen LogP contribution in [0.5, 0.6) is 5.75 Å². The summed E-state index contributed by atoms with van der Waals surface area (Å²) in [6.45, 7) is 5.08. The smallest absolute Gasteiger partial charge is 0.257 e. The Hall–Kier alpha value is -2.38. The number of hydrogen-bond acceptors (Lipinski definition) is 4. The average molecular weight is 388 g/mol. The van der Waals surface area contributed by atoms with Gasteiger partial charge in [-0.05, 0) is 50.1 Å². The molecular weight excluding hydrogens is 364 g/mol. The molecule has 1 saturated heterocycles. The SMILES string of the molecule is Cc1ccc(S(=O)(=O)N2CCCN(C(=O)c3ccc(C)cc3O)CC2)cc1. The lowest BCUT2D eigenvalue weighted by atomic mass is 10.1. The summed E-state index contributed by atoms with van der Waals surface area (Å²) in [5.74, 6) is -0.324. The molecule has 0 aromatic heterocycles. The Kier molecular flexibility index (Phi) is 5.53. The Bertz CT molecular complexity index is 939. The van der Waals surface area contributed by atoms with E-state index in [4.69, 9.17) is 0 Å². The Morgan fingerprint density at radius 1 is 0.926 bits per heavy atom. The van der Waals surface area contributed by atoms with E-state index in [1.165, 1.54) is 4.31 Å². The van der Waals surface area contributed by atoms with Crippen LogP contribution in [0, 0.1) is 13.8 Å². The van der Waals surface area contributed by atoms with Crippen molar-refractivity contribution >= 4 is 15.9 Å². The van der Waals surface area contributed by atoms with Crippen molar-refractivity contribution in [1.29, 1.82) is 0 Å². The van der Waals surface area contributed by atoms with E-state index < -0.39 is 10.0 Å². The van der Waals surface area contributed by atoms with Crippen LogP contribution in [0.3, 0.4) is 0 Å². The van der Waals surface area contributed by atoms with E-state index in [1.807, 2.05) is 13.8 Å². The topological polar surface area (TPSA) is 77.9 Å². The van der Waals surface area contributed by atoms with Crippen LogP contribution in [0.1, 0.15) is 27.9 Å². The van der Waals surface area contributed by atoms with Crippen LogP contribution in [0.4, 0.5) is 0 Å². The van der Waals surface area contributed by atoms with Gasteiger partial charge in [0, 0.05) is 26.2 Å². The molecule has 0 unspecified atom stereocenters. The normalized spacial score (nSPS) is 16.1. The minimum absolute atomic E-state index is 0.0478. The van der Waals surface area contributed by atoms with Crippen LogP contribution >= 0.6 is 0 Å². The molecule has 2 aromatic carbocycles. The summed E-state index contributed by atoms with van der Waals surface area (Å²) in [5.41, 5.74) is 2.12. The molecule has 6 nitrogen and oxygen atoms in total. The van der Waals surface area contributed by atoms with Gasteiger partial charge in [-0.15, -0.1) is 0 Å². The molecule has 0 radical (unpaired) electrons. The number of rotatable bonds is 3. The Labute approximate surface area is 160 Å². The van der Waals surface area contributed by atoms with Gasteiger partial charge in [-0.1, -0.05) is 23.8 Å². The molecule has 0 aliphatic carbocycles. The Morgan fingerprint density at radius 3 is 2.26 bits per heavy atom. The average Bonchev–Trinajstić information content (AvgIpc) is 2.88. The quantitative estimate of drug-likeness (QED) is 0.877. The first kappa shape index (κ1) is 19.4. The summed E-state index contributed by atoms with van der Waals surface area (Å²) in [6.07, 6.45) is 0.545. The van der Waals surface area contributed by atoms with Gasteiger partial charge in [0.05, 0.1) is 10.5 Å². The predicted octanol–water partition coefficient (Wildman–Crippen LogP) is 2.55. The van der Waals surface area contributed by atoms with Gasteiger partial charge in [-0.3, -0.25) is 4.79 Å². The van der Waals surface area contributed by atoms with Gasteiger partial charge in [0.2, 0.25) is 10.0 Å². The lowest BCUT2D eigenvalue weighted by Gasteiger charge is -2.22. The Morgan fingerprint density at radius 2 is 1.59 bits per heavy atom. The molecule has 1 heterocycles. The van der Waals surface area contributed by atoms with Crippen LogP contribution in [0.15, 0.2) is 47.4 Å². The summed E-state index contributed by atoms with van der Waals surface area (Å²) in [6, 6.07) is 11.7. The monoisotopic (exact) mass is 388 g/mol. The number of nitrogens with zero attached hydrogens (tertiary/aromatic N) is 2. The fraction of sp³-hybridized carbons (Fsp3) is 0.350. The highest BCUT2D eigenvalue weighted by molar-refractivity contribution is 7.89. The van der Waals surface area contributed by atoms with Gasteiger partial charge in [0.1, 0.15) is 5.75 Å². The lowest BCUT2D eigenvalue weighted by Crippen LogP contribution is -2.37. The van der Waals surface area contributed by atoms with E-state index in [1.54, 1.807) is 47.4 Å². The first-order valence-corrected chi connectivity index (χ1v) is 10.4. The van der Waals surface area contributed by atoms with Crippen molar-refractivity contribution in [2.75, 3.05) is 26.2 Å². The van der Waals surface area contributed by atoms with Crippen molar-refractivity contribution in [3.8, 4) is 5.75 Å². The number of aryl methyl sites for hydroxylation is 2. The molecule has 2 aromatic rings. The zero-order chi connectivity index (χ0) is 19.6. The predicted molar refractivity (Wildman–Crippen MR) is 103 cm³/mol. The van der Waals surface area contributed by atoms with Crippen molar-refractivity contribution in [2.24, 2.45) is 0 Å². The van der Waals surface area contributed by atoms with Gasteiger partial charge in [0.25, 0.3) is 5.91 Å². The largest absolute Gasteiger partial charge is 0.507 e. The molecule has 144 valence electrons. The van der Waals surface area contributed by atoms with Gasteiger partial charge in [0.15, 0.2) is 0 Å².